The Morgan fingerprint density at radius 2 is 1.44 bits per heavy atom. The third kappa shape index (κ3) is 3.04. The molecule has 0 aliphatic heterocycles. The van der Waals surface area contributed by atoms with Crippen molar-refractivity contribution in [3.8, 4) is 11.5 Å². The van der Waals surface area contributed by atoms with Crippen LogP contribution in [0.3, 0.4) is 0 Å². The number of fused-ring (bicyclic) bond motifs is 2. The zero-order valence-electron chi connectivity index (χ0n) is 13.7. The topological polar surface area (TPSA) is 35.5 Å². The van der Waals surface area contributed by atoms with Gasteiger partial charge < -0.3 is 9.47 Å². The molecule has 0 aliphatic carbocycles. The number of hydrogen-bond acceptors (Lipinski definition) is 3. The molecule has 0 unspecified atom stereocenters. The summed E-state index contributed by atoms with van der Waals surface area (Å²) >= 11 is 0. The smallest absolute Gasteiger partial charge is 0.395 e. The molecule has 0 saturated heterocycles. The van der Waals surface area contributed by atoms with Gasteiger partial charge in [-0.3, -0.25) is 0 Å². The Balaban J connectivity index is 1.79. The Morgan fingerprint density at radius 1 is 0.720 bits per heavy atom. The summed E-state index contributed by atoms with van der Waals surface area (Å²) in [5, 5.41) is 3.81. The molecule has 0 radical (unpaired) electrons. The summed E-state index contributed by atoms with van der Waals surface area (Å²) in [4.78, 5) is 12.3. The van der Waals surface area contributed by atoms with Crippen LogP contribution in [0.25, 0.3) is 21.5 Å². The number of aryl methyl sites for hydroxylation is 1. The molecule has 0 saturated carbocycles. The van der Waals surface area contributed by atoms with Gasteiger partial charge in [0.1, 0.15) is 11.5 Å². The van der Waals surface area contributed by atoms with Gasteiger partial charge in [-0.05, 0) is 35.9 Å². The van der Waals surface area contributed by atoms with Crippen LogP contribution < -0.4 is 9.47 Å². The summed E-state index contributed by atoms with van der Waals surface area (Å²) in [7, 11) is 0. The SMILES string of the molecule is Cc1ccc2c(OC(=O)Oc3ccccc3)c3ccccc3cc2c1. The first-order valence-electron chi connectivity index (χ1n) is 8.07. The van der Waals surface area contributed by atoms with Gasteiger partial charge in [-0.15, -0.1) is 0 Å². The van der Waals surface area contributed by atoms with Crippen LogP contribution >= 0.6 is 0 Å². The fourth-order valence-electron chi connectivity index (χ4n) is 2.95. The van der Waals surface area contributed by atoms with Crippen molar-refractivity contribution in [2.45, 2.75) is 6.92 Å². The van der Waals surface area contributed by atoms with Crippen molar-refractivity contribution in [3.63, 3.8) is 0 Å². The number of carbonyl (C=O) groups is 1. The number of benzene rings is 4. The van der Waals surface area contributed by atoms with E-state index >= 15 is 0 Å². The molecular weight excluding hydrogens is 312 g/mol. The van der Waals surface area contributed by atoms with Gasteiger partial charge in [0, 0.05) is 10.8 Å². The number of para-hydroxylation sites is 1. The predicted molar refractivity (Wildman–Crippen MR) is 99.3 cm³/mol. The van der Waals surface area contributed by atoms with Crippen molar-refractivity contribution in [2.75, 3.05) is 0 Å². The number of hydrogen-bond donors (Lipinski definition) is 0. The average Bonchev–Trinajstić information content (AvgIpc) is 2.62. The fourth-order valence-corrected chi connectivity index (χ4v) is 2.95. The highest BCUT2D eigenvalue weighted by Gasteiger charge is 2.14. The van der Waals surface area contributed by atoms with Gasteiger partial charge in [-0.25, -0.2) is 4.79 Å². The molecule has 4 rings (SSSR count). The quantitative estimate of drug-likeness (QED) is 0.262. The lowest BCUT2D eigenvalue weighted by atomic mass is 10.0. The summed E-state index contributed by atoms with van der Waals surface area (Å²) < 4.78 is 10.9. The van der Waals surface area contributed by atoms with E-state index < -0.39 is 6.16 Å². The molecule has 25 heavy (non-hydrogen) atoms. The van der Waals surface area contributed by atoms with Crippen molar-refractivity contribution < 1.29 is 14.3 Å². The molecule has 3 heteroatoms. The van der Waals surface area contributed by atoms with E-state index in [9.17, 15) is 4.79 Å². The van der Waals surface area contributed by atoms with Crippen molar-refractivity contribution in [1.29, 1.82) is 0 Å². The molecule has 0 N–H and O–H groups in total. The molecule has 0 atom stereocenters. The van der Waals surface area contributed by atoms with Crippen LogP contribution in [0.5, 0.6) is 11.5 Å². The molecular formula is C22H16O3. The highest BCUT2D eigenvalue weighted by atomic mass is 16.7. The van der Waals surface area contributed by atoms with Crippen molar-refractivity contribution >= 4 is 27.7 Å². The third-order valence-electron chi connectivity index (χ3n) is 4.10. The Morgan fingerprint density at radius 3 is 2.28 bits per heavy atom. The monoisotopic (exact) mass is 328 g/mol. The minimum absolute atomic E-state index is 0.452. The molecule has 122 valence electrons. The predicted octanol–water partition coefficient (Wildman–Crippen LogP) is 5.88. The lowest BCUT2D eigenvalue weighted by molar-refractivity contribution is 0.153. The van der Waals surface area contributed by atoms with Gasteiger partial charge in [-0.2, -0.15) is 0 Å². The van der Waals surface area contributed by atoms with Crippen LogP contribution in [0.15, 0.2) is 78.9 Å². The first-order chi connectivity index (χ1) is 12.2. The Kier molecular flexibility index (Phi) is 3.82. The number of ether oxygens (including phenoxy) is 2. The lowest BCUT2D eigenvalue weighted by Gasteiger charge is -2.12. The number of rotatable bonds is 2. The van der Waals surface area contributed by atoms with Crippen LogP contribution in [-0.2, 0) is 0 Å². The van der Waals surface area contributed by atoms with Gasteiger partial charge in [0.05, 0.1) is 0 Å². The van der Waals surface area contributed by atoms with Gasteiger partial charge in [0.25, 0.3) is 0 Å². The standard InChI is InChI=1S/C22H16O3/c1-15-11-12-20-17(13-15)14-16-7-5-6-10-19(16)21(20)25-22(23)24-18-8-3-2-4-9-18/h2-14H,1H3. The second-order valence-corrected chi connectivity index (χ2v) is 5.92. The maximum absolute atomic E-state index is 12.3. The van der Waals surface area contributed by atoms with E-state index in [0.29, 0.717) is 11.5 Å². The summed E-state index contributed by atoms with van der Waals surface area (Å²) in [5.74, 6) is 0.974. The molecule has 0 amide bonds. The molecule has 0 bridgehead atoms. The summed E-state index contributed by atoms with van der Waals surface area (Å²) in [5.41, 5.74) is 1.15. The second-order valence-electron chi connectivity index (χ2n) is 5.92. The molecule has 0 heterocycles. The van der Waals surface area contributed by atoms with Crippen LogP contribution in [0, 0.1) is 6.92 Å². The normalized spacial score (nSPS) is 10.8. The zero-order chi connectivity index (χ0) is 17.2. The molecule has 0 fully saturated rings. The highest BCUT2D eigenvalue weighted by molar-refractivity contribution is 6.06. The van der Waals surface area contributed by atoms with Gasteiger partial charge in [-0.1, -0.05) is 66.2 Å². The highest BCUT2D eigenvalue weighted by Crippen LogP contribution is 2.35. The van der Waals surface area contributed by atoms with E-state index in [1.54, 1.807) is 24.3 Å². The van der Waals surface area contributed by atoms with Gasteiger partial charge in [0.2, 0.25) is 0 Å². The van der Waals surface area contributed by atoms with Crippen molar-refractivity contribution in [3.05, 3.63) is 84.4 Å². The second kappa shape index (κ2) is 6.29. The maximum atomic E-state index is 12.3. The Labute approximate surface area is 145 Å². The minimum atomic E-state index is -0.746. The first kappa shape index (κ1) is 15.2. The van der Waals surface area contributed by atoms with E-state index in [4.69, 9.17) is 9.47 Å². The molecule has 0 aliphatic rings. The summed E-state index contributed by atoms with van der Waals surface area (Å²) in [6, 6.07) is 24.9. The van der Waals surface area contributed by atoms with E-state index in [-0.39, 0.29) is 0 Å². The largest absolute Gasteiger partial charge is 0.519 e. The molecule has 4 aromatic carbocycles. The summed E-state index contributed by atoms with van der Waals surface area (Å²) in [6.45, 7) is 2.04. The van der Waals surface area contributed by atoms with E-state index in [1.165, 1.54) is 0 Å². The van der Waals surface area contributed by atoms with Crippen molar-refractivity contribution in [1.82, 2.24) is 0 Å². The lowest BCUT2D eigenvalue weighted by Crippen LogP contribution is -2.14. The Bertz CT molecular complexity index is 1070. The van der Waals surface area contributed by atoms with Crippen LogP contribution in [-0.4, -0.2) is 6.16 Å². The molecule has 4 aromatic rings. The van der Waals surface area contributed by atoms with Crippen LogP contribution in [0.1, 0.15) is 5.56 Å². The van der Waals surface area contributed by atoms with Crippen molar-refractivity contribution in [2.24, 2.45) is 0 Å². The average molecular weight is 328 g/mol. The molecule has 3 nitrogen and oxygen atoms in total. The van der Waals surface area contributed by atoms with Gasteiger partial charge in [0.15, 0.2) is 0 Å². The third-order valence-corrected chi connectivity index (χ3v) is 4.10. The summed E-state index contributed by atoms with van der Waals surface area (Å²) in [6.07, 6.45) is -0.746. The first-order valence-corrected chi connectivity index (χ1v) is 8.07. The Hall–Kier alpha value is -3.33. The number of carbonyl (C=O) groups excluding carboxylic acids is 1. The zero-order valence-corrected chi connectivity index (χ0v) is 13.7. The van der Waals surface area contributed by atoms with Crippen LogP contribution in [0.2, 0.25) is 0 Å². The van der Waals surface area contributed by atoms with E-state index in [2.05, 4.69) is 12.1 Å². The maximum Gasteiger partial charge on any atom is 0.519 e. The van der Waals surface area contributed by atoms with Gasteiger partial charge >= 0.3 is 6.16 Å². The van der Waals surface area contributed by atoms with E-state index in [1.807, 2.05) is 49.4 Å². The molecule has 0 aromatic heterocycles. The minimum Gasteiger partial charge on any atom is -0.395 e. The van der Waals surface area contributed by atoms with Crippen LogP contribution in [0.4, 0.5) is 4.79 Å². The molecule has 0 spiro atoms. The fraction of sp³-hybridized carbons (Fsp3) is 0.0455. The van der Waals surface area contributed by atoms with E-state index in [0.717, 1.165) is 27.1 Å².